The summed E-state index contributed by atoms with van der Waals surface area (Å²) < 4.78 is 10.5. The van der Waals surface area contributed by atoms with E-state index in [9.17, 15) is 9.59 Å². The second-order valence-electron chi connectivity index (χ2n) is 7.88. The Hall–Kier alpha value is -2.24. The Bertz CT molecular complexity index is 623. The molecule has 0 aliphatic heterocycles. The number of methoxy groups -OCH3 is 2. The molecule has 2 N–H and O–H groups in total. The SMILES string of the molecule is CCCC(NC(=O)CC(C)(C)C)C(=O)NCCc1ccc(OC)c(OC)c1. The lowest BCUT2D eigenvalue weighted by Gasteiger charge is -2.22. The highest BCUT2D eigenvalue weighted by atomic mass is 16.5. The normalized spacial score (nSPS) is 12.2. The topological polar surface area (TPSA) is 76.7 Å². The highest BCUT2D eigenvalue weighted by Crippen LogP contribution is 2.27. The number of carbonyl (C=O) groups excluding carboxylic acids is 2. The van der Waals surface area contributed by atoms with Crippen molar-refractivity contribution in [2.45, 2.75) is 59.4 Å². The first-order valence-corrected chi connectivity index (χ1v) is 9.48. The van der Waals surface area contributed by atoms with Gasteiger partial charge >= 0.3 is 0 Å². The van der Waals surface area contributed by atoms with E-state index in [1.165, 1.54) is 0 Å². The number of hydrogen-bond acceptors (Lipinski definition) is 4. The Labute approximate surface area is 163 Å². The first-order chi connectivity index (χ1) is 12.7. The monoisotopic (exact) mass is 378 g/mol. The Morgan fingerprint density at radius 3 is 2.33 bits per heavy atom. The zero-order valence-corrected chi connectivity index (χ0v) is 17.5. The van der Waals surface area contributed by atoms with Gasteiger partial charge < -0.3 is 20.1 Å². The molecular formula is C21H34N2O4. The third-order valence-corrected chi connectivity index (χ3v) is 4.08. The van der Waals surface area contributed by atoms with Crippen LogP contribution in [0.25, 0.3) is 0 Å². The summed E-state index contributed by atoms with van der Waals surface area (Å²) in [6.45, 7) is 8.50. The van der Waals surface area contributed by atoms with Crippen molar-refractivity contribution in [3.63, 3.8) is 0 Å². The highest BCUT2D eigenvalue weighted by molar-refractivity contribution is 5.87. The number of ether oxygens (including phenoxy) is 2. The van der Waals surface area contributed by atoms with Crippen molar-refractivity contribution in [1.29, 1.82) is 0 Å². The zero-order valence-electron chi connectivity index (χ0n) is 17.5. The van der Waals surface area contributed by atoms with Crippen molar-refractivity contribution in [1.82, 2.24) is 10.6 Å². The molecule has 1 aromatic rings. The zero-order chi connectivity index (χ0) is 20.4. The molecule has 1 atom stereocenters. The number of rotatable bonds is 10. The first kappa shape index (κ1) is 22.8. The third-order valence-electron chi connectivity index (χ3n) is 4.08. The van der Waals surface area contributed by atoms with Crippen LogP contribution in [-0.2, 0) is 16.0 Å². The fourth-order valence-electron chi connectivity index (χ4n) is 2.77. The fourth-order valence-corrected chi connectivity index (χ4v) is 2.77. The second kappa shape index (κ2) is 10.8. The van der Waals surface area contributed by atoms with E-state index >= 15 is 0 Å². The summed E-state index contributed by atoms with van der Waals surface area (Å²) in [5, 5.41) is 5.79. The Kier molecular flexibility index (Phi) is 9.12. The van der Waals surface area contributed by atoms with Crippen molar-refractivity contribution in [2.75, 3.05) is 20.8 Å². The highest BCUT2D eigenvalue weighted by Gasteiger charge is 2.22. The van der Waals surface area contributed by atoms with Crippen LogP contribution in [0.15, 0.2) is 18.2 Å². The number of hydrogen-bond donors (Lipinski definition) is 2. The summed E-state index contributed by atoms with van der Waals surface area (Å²) in [6, 6.07) is 5.21. The minimum absolute atomic E-state index is 0.0870. The van der Waals surface area contributed by atoms with E-state index in [2.05, 4.69) is 10.6 Å². The van der Waals surface area contributed by atoms with Crippen molar-refractivity contribution in [3.05, 3.63) is 23.8 Å². The van der Waals surface area contributed by atoms with Crippen LogP contribution in [0, 0.1) is 5.41 Å². The molecule has 152 valence electrons. The molecule has 0 fully saturated rings. The van der Waals surface area contributed by atoms with Gasteiger partial charge in [-0.2, -0.15) is 0 Å². The summed E-state index contributed by atoms with van der Waals surface area (Å²) in [6.07, 6.45) is 2.51. The minimum atomic E-state index is -0.491. The molecule has 6 heteroatoms. The summed E-state index contributed by atoms with van der Waals surface area (Å²) >= 11 is 0. The van der Waals surface area contributed by atoms with Crippen LogP contribution in [0.4, 0.5) is 0 Å². The molecule has 0 bridgehead atoms. The molecule has 0 aromatic heterocycles. The lowest BCUT2D eigenvalue weighted by atomic mass is 9.91. The molecule has 0 heterocycles. The van der Waals surface area contributed by atoms with Crippen molar-refractivity contribution in [2.24, 2.45) is 5.41 Å². The Morgan fingerprint density at radius 1 is 1.11 bits per heavy atom. The van der Waals surface area contributed by atoms with E-state index in [-0.39, 0.29) is 17.2 Å². The van der Waals surface area contributed by atoms with Gasteiger partial charge in [-0.1, -0.05) is 40.2 Å². The van der Waals surface area contributed by atoms with Crippen LogP contribution in [-0.4, -0.2) is 38.6 Å². The number of carbonyl (C=O) groups is 2. The van der Waals surface area contributed by atoms with Crippen molar-refractivity contribution < 1.29 is 19.1 Å². The molecule has 6 nitrogen and oxygen atoms in total. The quantitative estimate of drug-likeness (QED) is 0.656. The van der Waals surface area contributed by atoms with Gasteiger partial charge in [0.1, 0.15) is 6.04 Å². The summed E-state index contributed by atoms with van der Waals surface area (Å²) in [5.41, 5.74) is 0.932. The molecule has 2 amide bonds. The van der Waals surface area contributed by atoms with Crippen LogP contribution in [0.5, 0.6) is 11.5 Å². The van der Waals surface area contributed by atoms with E-state index in [1.807, 2.05) is 45.9 Å². The van der Waals surface area contributed by atoms with Gasteiger partial charge in [-0.15, -0.1) is 0 Å². The van der Waals surface area contributed by atoms with Gasteiger partial charge in [-0.25, -0.2) is 0 Å². The average Bonchev–Trinajstić information content (AvgIpc) is 2.59. The molecule has 0 aliphatic rings. The van der Waals surface area contributed by atoms with Gasteiger partial charge in [0.05, 0.1) is 14.2 Å². The largest absolute Gasteiger partial charge is 0.493 e. The van der Waals surface area contributed by atoms with E-state index in [0.29, 0.717) is 37.3 Å². The third kappa shape index (κ3) is 8.33. The molecule has 0 aliphatic carbocycles. The summed E-state index contributed by atoms with van der Waals surface area (Å²) in [7, 11) is 3.19. The van der Waals surface area contributed by atoms with Crippen LogP contribution >= 0.6 is 0 Å². The smallest absolute Gasteiger partial charge is 0.242 e. The Morgan fingerprint density at radius 2 is 1.78 bits per heavy atom. The number of benzene rings is 1. The number of nitrogens with one attached hydrogen (secondary N) is 2. The molecule has 1 unspecified atom stereocenters. The summed E-state index contributed by atoms with van der Waals surface area (Å²) in [4.78, 5) is 24.6. The van der Waals surface area contributed by atoms with E-state index in [4.69, 9.17) is 9.47 Å². The molecule has 27 heavy (non-hydrogen) atoms. The lowest BCUT2D eigenvalue weighted by Crippen LogP contribution is -2.47. The molecule has 0 spiro atoms. The van der Waals surface area contributed by atoms with E-state index < -0.39 is 6.04 Å². The van der Waals surface area contributed by atoms with Gasteiger partial charge in [0.15, 0.2) is 11.5 Å². The average molecular weight is 379 g/mol. The van der Waals surface area contributed by atoms with E-state index in [0.717, 1.165) is 12.0 Å². The van der Waals surface area contributed by atoms with Gasteiger partial charge in [-0.05, 0) is 36.0 Å². The fraction of sp³-hybridized carbons (Fsp3) is 0.619. The van der Waals surface area contributed by atoms with Crippen LogP contribution in [0.2, 0.25) is 0 Å². The molecule has 0 saturated heterocycles. The van der Waals surface area contributed by atoms with Gasteiger partial charge in [0.2, 0.25) is 11.8 Å². The van der Waals surface area contributed by atoms with Crippen LogP contribution < -0.4 is 20.1 Å². The predicted molar refractivity (Wildman–Crippen MR) is 107 cm³/mol. The summed E-state index contributed by atoms with van der Waals surface area (Å²) in [5.74, 6) is 1.12. The lowest BCUT2D eigenvalue weighted by molar-refractivity contribution is -0.130. The maximum absolute atomic E-state index is 12.5. The van der Waals surface area contributed by atoms with Gasteiger partial charge in [-0.3, -0.25) is 9.59 Å². The van der Waals surface area contributed by atoms with Crippen molar-refractivity contribution >= 4 is 11.8 Å². The standard InChI is InChI=1S/C21H34N2O4/c1-7-8-16(23-19(24)14-21(2,3)4)20(25)22-12-11-15-9-10-17(26-5)18(13-15)27-6/h9-10,13,16H,7-8,11-12,14H2,1-6H3,(H,22,25)(H,23,24). The van der Waals surface area contributed by atoms with Crippen molar-refractivity contribution in [3.8, 4) is 11.5 Å². The second-order valence-corrected chi connectivity index (χ2v) is 7.88. The number of amides is 2. The van der Waals surface area contributed by atoms with Crippen LogP contribution in [0.1, 0.15) is 52.5 Å². The maximum Gasteiger partial charge on any atom is 0.242 e. The van der Waals surface area contributed by atoms with Gasteiger partial charge in [0, 0.05) is 13.0 Å². The predicted octanol–water partition coefficient (Wildman–Crippen LogP) is 3.08. The van der Waals surface area contributed by atoms with E-state index in [1.54, 1.807) is 14.2 Å². The van der Waals surface area contributed by atoms with Crippen LogP contribution in [0.3, 0.4) is 0 Å². The Balaban J connectivity index is 2.58. The molecular weight excluding hydrogens is 344 g/mol. The molecule has 1 rings (SSSR count). The minimum Gasteiger partial charge on any atom is -0.493 e. The first-order valence-electron chi connectivity index (χ1n) is 9.48. The molecule has 1 aromatic carbocycles. The molecule has 0 radical (unpaired) electrons. The van der Waals surface area contributed by atoms with Gasteiger partial charge in [0.25, 0.3) is 0 Å². The maximum atomic E-state index is 12.5. The molecule has 0 saturated carbocycles.